The number of hydrogen-bond donors (Lipinski definition) is 1. The second-order valence-corrected chi connectivity index (χ2v) is 8.05. The van der Waals surface area contributed by atoms with Gasteiger partial charge >= 0.3 is 0 Å². The minimum absolute atomic E-state index is 0.0559. The van der Waals surface area contributed by atoms with Gasteiger partial charge in [-0.3, -0.25) is 4.79 Å². The number of carbonyl (C=O) groups is 1. The van der Waals surface area contributed by atoms with Crippen molar-refractivity contribution in [3.63, 3.8) is 0 Å². The molecule has 3 aromatic rings. The highest BCUT2D eigenvalue weighted by molar-refractivity contribution is 7.98. The van der Waals surface area contributed by atoms with E-state index in [0.717, 1.165) is 27.4 Å². The molecule has 0 spiro atoms. The summed E-state index contributed by atoms with van der Waals surface area (Å²) in [5.41, 5.74) is 1.75. The van der Waals surface area contributed by atoms with Gasteiger partial charge in [-0.25, -0.2) is 4.98 Å². The molecule has 136 valence electrons. The van der Waals surface area contributed by atoms with E-state index in [-0.39, 0.29) is 12.3 Å². The number of nitrogens with one attached hydrogen (secondary N) is 1. The molecule has 2 aromatic heterocycles. The number of thiazole rings is 1. The number of aromatic nitrogens is 4. The third kappa shape index (κ3) is 4.70. The molecule has 0 unspecified atom stereocenters. The Morgan fingerprint density at radius 1 is 1.27 bits per heavy atom. The van der Waals surface area contributed by atoms with Gasteiger partial charge in [0.05, 0.1) is 12.1 Å². The summed E-state index contributed by atoms with van der Waals surface area (Å²) in [5, 5.41) is 15.0. The first-order valence-electron chi connectivity index (χ1n) is 8.33. The Hall–Kier alpha value is -2.19. The van der Waals surface area contributed by atoms with Crippen LogP contribution >= 0.6 is 23.1 Å². The van der Waals surface area contributed by atoms with Crippen molar-refractivity contribution in [1.82, 2.24) is 19.7 Å². The van der Waals surface area contributed by atoms with Gasteiger partial charge in [0.1, 0.15) is 10.8 Å². The van der Waals surface area contributed by atoms with Crippen molar-refractivity contribution in [1.29, 1.82) is 0 Å². The molecule has 0 fully saturated rings. The second-order valence-electron chi connectivity index (χ2n) is 6.17. The summed E-state index contributed by atoms with van der Waals surface area (Å²) < 4.78 is 2.02. The van der Waals surface area contributed by atoms with Crippen LogP contribution in [0.3, 0.4) is 0 Å². The minimum atomic E-state index is -0.0559. The van der Waals surface area contributed by atoms with Gasteiger partial charge in [0.25, 0.3) is 0 Å². The minimum Gasteiger partial charge on any atom is -0.326 e. The van der Waals surface area contributed by atoms with Crippen LogP contribution in [0.2, 0.25) is 0 Å². The Balaban J connectivity index is 1.54. The molecule has 0 aliphatic carbocycles. The second kappa shape index (κ2) is 8.46. The third-order valence-electron chi connectivity index (χ3n) is 3.70. The van der Waals surface area contributed by atoms with Crippen molar-refractivity contribution < 1.29 is 4.79 Å². The first kappa shape index (κ1) is 18.6. The van der Waals surface area contributed by atoms with Gasteiger partial charge in [-0.05, 0) is 12.1 Å². The summed E-state index contributed by atoms with van der Waals surface area (Å²) in [6, 6.07) is 9.45. The fourth-order valence-corrected chi connectivity index (χ4v) is 4.16. The molecule has 1 aromatic carbocycles. The smallest absolute Gasteiger partial charge is 0.231 e. The van der Waals surface area contributed by atoms with E-state index in [1.807, 2.05) is 47.3 Å². The van der Waals surface area contributed by atoms with E-state index in [4.69, 9.17) is 0 Å². The average Bonchev–Trinajstić information content (AvgIpc) is 3.20. The summed E-state index contributed by atoms with van der Waals surface area (Å²) >= 11 is 3.12. The molecule has 26 heavy (non-hydrogen) atoms. The Kier molecular flexibility index (Phi) is 6.05. The lowest BCUT2D eigenvalue weighted by Gasteiger charge is -2.05. The van der Waals surface area contributed by atoms with Crippen LogP contribution in [0.25, 0.3) is 0 Å². The quantitative estimate of drug-likeness (QED) is 0.623. The lowest BCUT2D eigenvalue weighted by molar-refractivity contribution is -0.115. The van der Waals surface area contributed by atoms with Gasteiger partial charge in [-0.2, -0.15) is 0 Å². The van der Waals surface area contributed by atoms with E-state index in [2.05, 4.69) is 34.3 Å². The molecule has 0 saturated carbocycles. The number of anilines is 1. The van der Waals surface area contributed by atoms with Crippen LogP contribution in [0.1, 0.15) is 36.3 Å². The number of thioether (sulfide) groups is 1. The Labute approximate surface area is 161 Å². The maximum atomic E-state index is 12.1. The molecule has 0 saturated heterocycles. The summed E-state index contributed by atoms with van der Waals surface area (Å²) in [5.74, 6) is 1.97. The Morgan fingerprint density at radius 3 is 2.73 bits per heavy atom. The van der Waals surface area contributed by atoms with Gasteiger partial charge < -0.3 is 9.88 Å². The maximum Gasteiger partial charge on any atom is 0.231 e. The van der Waals surface area contributed by atoms with Crippen molar-refractivity contribution in [3.8, 4) is 0 Å². The third-order valence-corrected chi connectivity index (χ3v) is 5.65. The largest absolute Gasteiger partial charge is 0.326 e. The fourth-order valence-electron chi connectivity index (χ4n) is 2.45. The van der Waals surface area contributed by atoms with Crippen LogP contribution in [0, 0.1) is 0 Å². The molecule has 0 aliphatic heterocycles. The summed E-state index contributed by atoms with van der Waals surface area (Å²) in [6.45, 7) is 4.21. The van der Waals surface area contributed by atoms with Gasteiger partial charge in [0.15, 0.2) is 5.16 Å². The molecule has 1 amide bonds. The van der Waals surface area contributed by atoms with Crippen LogP contribution in [0.15, 0.2) is 40.9 Å². The number of benzene rings is 1. The predicted octanol–water partition coefficient (Wildman–Crippen LogP) is 3.87. The number of rotatable bonds is 7. The van der Waals surface area contributed by atoms with Crippen molar-refractivity contribution in [2.24, 2.45) is 7.05 Å². The summed E-state index contributed by atoms with van der Waals surface area (Å²) in [4.78, 5) is 16.7. The van der Waals surface area contributed by atoms with Crippen molar-refractivity contribution in [2.45, 2.75) is 37.1 Å². The van der Waals surface area contributed by atoms with Crippen molar-refractivity contribution in [3.05, 3.63) is 52.2 Å². The number of carbonyl (C=O) groups excluding carboxylic acids is 1. The summed E-state index contributed by atoms with van der Waals surface area (Å²) in [7, 11) is 1.98. The number of para-hydroxylation sites is 1. The van der Waals surface area contributed by atoms with Crippen LogP contribution < -0.4 is 5.32 Å². The Morgan fingerprint density at radius 2 is 2.04 bits per heavy atom. The molecule has 3 rings (SSSR count). The highest BCUT2D eigenvalue weighted by atomic mass is 32.2. The van der Waals surface area contributed by atoms with E-state index < -0.39 is 0 Å². The number of amides is 1. The van der Waals surface area contributed by atoms with Crippen molar-refractivity contribution >= 4 is 34.7 Å². The van der Waals surface area contributed by atoms with Crippen molar-refractivity contribution in [2.75, 3.05) is 5.32 Å². The maximum absolute atomic E-state index is 12.1. The highest BCUT2D eigenvalue weighted by Crippen LogP contribution is 2.24. The van der Waals surface area contributed by atoms with Gasteiger partial charge in [0, 0.05) is 29.8 Å². The van der Waals surface area contributed by atoms with Gasteiger partial charge in [-0.15, -0.1) is 21.5 Å². The Bertz CT molecular complexity index is 873. The number of nitrogens with zero attached hydrogens (tertiary/aromatic N) is 4. The molecule has 0 bridgehead atoms. The monoisotopic (exact) mass is 387 g/mol. The van der Waals surface area contributed by atoms with E-state index in [9.17, 15) is 4.79 Å². The fraction of sp³-hybridized carbons (Fsp3) is 0.333. The zero-order chi connectivity index (χ0) is 18.5. The summed E-state index contributed by atoms with van der Waals surface area (Å²) in [6.07, 6.45) is 0.283. The highest BCUT2D eigenvalue weighted by Gasteiger charge is 2.13. The standard InChI is InChI=1S/C18H21N5OS2/c1-12(2)17-21-22-18(23(17)3)26-11-14-10-25-16(20-14)9-15(24)19-13-7-5-4-6-8-13/h4-8,10,12H,9,11H2,1-3H3,(H,19,24). The van der Waals surface area contributed by atoms with E-state index >= 15 is 0 Å². The van der Waals surface area contributed by atoms with Crippen LogP contribution in [-0.4, -0.2) is 25.7 Å². The van der Waals surface area contributed by atoms with E-state index in [0.29, 0.717) is 11.7 Å². The van der Waals surface area contributed by atoms with Gasteiger partial charge in [0.2, 0.25) is 5.91 Å². The number of hydrogen-bond acceptors (Lipinski definition) is 6. The molecule has 1 N–H and O–H groups in total. The molecule has 6 nitrogen and oxygen atoms in total. The molecule has 2 heterocycles. The van der Waals surface area contributed by atoms with Gasteiger partial charge in [-0.1, -0.05) is 43.8 Å². The normalized spacial score (nSPS) is 11.1. The molecule has 0 radical (unpaired) electrons. The van der Waals surface area contributed by atoms with Crippen LogP contribution in [-0.2, 0) is 24.0 Å². The molecule has 0 aliphatic rings. The zero-order valence-electron chi connectivity index (χ0n) is 15.0. The zero-order valence-corrected chi connectivity index (χ0v) is 16.6. The SMILES string of the molecule is CC(C)c1nnc(SCc2csc(CC(=O)Nc3ccccc3)n2)n1C. The first-order valence-corrected chi connectivity index (χ1v) is 10.2. The van der Waals surface area contributed by atoms with Crippen LogP contribution in [0.4, 0.5) is 5.69 Å². The molecule has 8 heteroatoms. The average molecular weight is 388 g/mol. The topological polar surface area (TPSA) is 72.7 Å². The molecular weight excluding hydrogens is 366 g/mol. The lowest BCUT2D eigenvalue weighted by atomic mass is 10.2. The molecular formula is C18H21N5OS2. The van der Waals surface area contributed by atoms with E-state index in [1.165, 1.54) is 11.3 Å². The molecule has 0 atom stereocenters. The van der Waals surface area contributed by atoms with E-state index in [1.54, 1.807) is 11.8 Å². The lowest BCUT2D eigenvalue weighted by Crippen LogP contribution is -2.14. The van der Waals surface area contributed by atoms with Crippen LogP contribution in [0.5, 0.6) is 0 Å². The first-order chi connectivity index (χ1) is 12.5. The predicted molar refractivity (Wildman–Crippen MR) is 106 cm³/mol.